The van der Waals surface area contributed by atoms with Gasteiger partial charge in [0.2, 0.25) is 0 Å². The highest BCUT2D eigenvalue weighted by molar-refractivity contribution is 5.95. The van der Waals surface area contributed by atoms with Gasteiger partial charge >= 0.3 is 5.97 Å². The summed E-state index contributed by atoms with van der Waals surface area (Å²) in [4.78, 5) is 24.9. The molecule has 0 saturated carbocycles. The normalized spacial score (nSPS) is 24.0. The van der Waals surface area contributed by atoms with Gasteiger partial charge in [0.1, 0.15) is 11.7 Å². The van der Waals surface area contributed by atoms with E-state index in [1.807, 2.05) is 6.92 Å². The third-order valence-electron chi connectivity index (χ3n) is 3.38. The summed E-state index contributed by atoms with van der Waals surface area (Å²) in [6, 6.07) is 2.80. The molecular weight excluding hydrogens is 220 g/mol. The van der Waals surface area contributed by atoms with Crippen molar-refractivity contribution in [3.63, 3.8) is 0 Å². The number of amides is 1. The summed E-state index contributed by atoms with van der Waals surface area (Å²) < 4.78 is 1.71. The lowest BCUT2D eigenvalue weighted by Gasteiger charge is -2.23. The highest BCUT2D eigenvalue weighted by atomic mass is 16.4. The minimum absolute atomic E-state index is 0.0109. The Balaban J connectivity index is 2.26. The molecule has 1 aromatic rings. The molecule has 2 unspecified atom stereocenters. The number of nitrogens with zero attached hydrogens (tertiary/aromatic N) is 2. The van der Waals surface area contributed by atoms with Gasteiger partial charge in [-0.25, -0.2) is 4.79 Å². The second-order valence-corrected chi connectivity index (χ2v) is 4.55. The molecule has 92 valence electrons. The first-order valence-electron chi connectivity index (χ1n) is 5.67. The molecule has 0 aliphatic carbocycles. The molecule has 0 aromatic carbocycles. The second kappa shape index (κ2) is 4.24. The van der Waals surface area contributed by atoms with E-state index in [0.717, 1.165) is 6.42 Å². The lowest BCUT2D eigenvalue weighted by atomic mass is 10.0. The SMILES string of the molecule is CC1CCN(C(=O)c2cccn2C)C1C(=O)O. The van der Waals surface area contributed by atoms with Crippen LogP contribution in [0.2, 0.25) is 0 Å². The Bertz CT molecular complexity index is 452. The summed E-state index contributed by atoms with van der Waals surface area (Å²) in [5, 5.41) is 9.17. The summed E-state index contributed by atoms with van der Waals surface area (Å²) >= 11 is 0. The van der Waals surface area contributed by atoms with Gasteiger partial charge in [0.15, 0.2) is 0 Å². The third-order valence-corrected chi connectivity index (χ3v) is 3.38. The lowest BCUT2D eigenvalue weighted by molar-refractivity contribution is -0.142. The number of aromatic nitrogens is 1. The standard InChI is InChI=1S/C12H16N2O3/c1-8-5-7-14(10(8)12(16)17)11(15)9-4-3-6-13(9)2/h3-4,6,8,10H,5,7H2,1-2H3,(H,16,17). The van der Waals surface area contributed by atoms with Gasteiger partial charge < -0.3 is 14.6 Å². The molecule has 0 bridgehead atoms. The Morgan fingerprint density at radius 3 is 2.71 bits per heavy atom. The Hall–Kier alpha value is -1.78. The van der Waals surface area contributed by atoms with Crippen LogP contribution in [0.3, 0.4) is 0 Å². The number of hydrogen-bond donors (Lipinski definition) is 1. The van der Waals surface area contributed by atoms with Crippen molar-refractivity contribution in [2.75, 3.05) is 6.54 Å². The fourth-order valence-electron chi connectivity index (χ4n) is 2.38. The summed E-state index contributed by atoms with van der Waals surface area (Å²) in [6.45, 7) is 2.39. The zero-order chi connectivity index (χ0) is 12.6. The summed E-state index contributed by atoms with van der Waals surface area (Å²) in [6.07, 6.45) is 2.52. The van der Waals surface area contributed by atoms with E-state index in [1.54, 1.807) is 29.9 Å². The van der Waals surface area contributed by atoms with Crippen LogP contribution in [0.5, 0.6) is 0 Å². The zero-order valence-electron chi connectivity index (χ0n) is 9.96. The number of hydrogen-bond acceptors (Lipinski definition) is 2. The smallest absolute Gasteiger partial charge is 0.326 e. The minimum atomic E-state index is -0.919. The molecule has 1 fully saturated rings. The van der Waals surface area contributed by atoms with E-state index in [0.29, 0.717) is 12.2 Å². The quantitative estimate of drug-likeness (QED) is 0.832. The van der Waals surface area contributed by atoms with Crippen LogP contribution in [-0.4, -0.2) is 39.0 Å². The Morgan fingerprint density at radius 1 is 1.47 bits per heavy atom. The summed E-state index contributed by atoms with van der Waals surface area (Å²) in [7, 11) is 1.78. The average Bonchev–Trinajstić information content (AvgIpc) is 2.83. The molecular formula is C12H16N2O3. The van der Waals surface area contributed by atoms with E-state index < -0.39 is 12.0 Å². The first-order chi connectivity index (χ1) is 8.02. The molecule has 1 saturated heterocycles. The van der Waals surface area contributed by atoms with Crippen LogP contribution in [0, 0.1) is 5.92 Å². The summed E-state index contributed by atoms with van der Waals surface area (Å²) in [5.41, 5.74) is 0.533. The van der Waals surface area contributed by atoms with Crippen molar-refractivity contribution in [3.8, 4) is 0 Å². The minimum Gasteiger partial charge on any atom is -0.480 e. The van der Waals surface area contributed by atoms with Crippen molar-refractivity contribution in [3.05, 3.63) is 24.0 Å². The van der Waals surface area contributed by atoms with Gasteiger partial charge in [-0.2, -0.15) is 0 Å². The predicted octanol–water partition coefficient (Wildman–Crippen LogP) is 0.960. The lowest BCUT2D eigenvalue weighted by Crippen LogP contribution is -2.43. The maximum absolute atomic E-state index is 12.2. The van der Waals surface area contributed by atoms with E-state index in [-0.39, 0.29) is 11.8 Å². The van der Waals surface area contributed by atoms with Crippen molar-refractivity contribution >= 4 is 11.9 Å². The second-order valence-electron chi connectivity index (χ2n) is 4.55. The van der Waals surface area contributed by atoms with Crippen LogP contribution >= 0.6 is 0 Å². The van der Waals surface area contributed by atoms with Crippen molar-refractivity contribution in [2.45, 2.75) is 19.4 Å². The number of likely N-dealkylation sites (tertiary alicyclic amines) is 1. The van der Waals surface area contributed by atoms with Crippen molar-refractivity contribution in [1.29, 1.82) is 0 Å². The molecule has 1 N–H and O–H groups in total. The number of carboxylic acid groups (broad SMARTS) is 1. The zero-order valence-corrected chi connectivity index (χ0v) is 9.96. The summed E-state index contributed by atoms with van der Waals surface area (Å²) in [5.74, 6) is -1.11. The van der Waals surface area contributed by atoms with E-state index in [4.69, 9.17) is 5.11 Å². The van der Waals surface area contributed by atoms with E-state index in [1.165, 1.54) is 4.90 Å². The number of aliphatic carboxylic acids is 1. The molecule has 5 nitrogen and oxygen atoms in total. The molecule has 1 aliphatic rings. The van der Waals surface area contributed by atoms with Crippen LogP contribution in [0.15, 0.2) is 18.3 Å². The van der Waals surface area contributed by atoms with Crippen LogP contribution < -0.4 is 0 Å². The number of carbonyl (C=O) groups excluding carboxylic acids is 1. The van der Waals surface area contributed by atoms with Gasteiger partial charge in [-0.1, -0.05) is 6.92 Å². The van der Waals surface area contributed by atoms with Crippen molar-refractivity contribution in [2.24, 2.45) is 13.0 Å². The van der Waals surface area contributed by atoms with Crippen LogP contribution in [0.4, 0.5) is 0 Å². The van der Waals surface area contributed by atoms with Gasteiger partial charge in [-0.05, 0) is 24.5 Å². The van der Waals surface area contributed by atoms with Gasteiger partial charge in [-0.3, -0.25) is 4.79 Å². The first kappa shape index (κ1) is 11.7. The monoisotopic (exact) mass is 236 g/mol. The number of rotatable bonds is 2. The average molecular weight is 236 g/mol. The van der Waals surface area contributed by atoms with Crippen LogP contribution in [0.1, 0.15) is 23.8 Å². The maximum atomic E-state index is 12.2. The van der Waals surface area contributed by atoms with E-state index in [9.17, 15) is 9.59 Å². The highest BCUT2D eigenvalue weighted by Crippen LogP contribution is 2.25. The fraction of sp³-hybridized carbons (Fsp3) is 0.500. The van der Waals surface area contributed by atoms with Gasteiger partial charge in [0.05, 0.1) is 0 Å². The molecule has 2 atom stereocenters. The molecule has 1 aliphatic heterocycles. The number of carboxylic acids is 1. The molecule has 2 rings (SSSR count). The molecule has 2 heterocycles. The molecule has 0 radical (unpaired) electrons. The Labute approximate surface area is 99.6 Å². The van der Waals surface area contributed by atoms with E-state index in [2.05, 4.69) is 0 Å². The molecule has 5 heteroatoms. The van der Waals surface area contributed by atoms with E-state index >= 15 is 0 Å². The number of carbonyl (C=O) groups is 2. The van der Waals surface area contributed by atoms with Gasteiger partial charge in [-0.15, -0.1) is 0 Å². The Morgan fingerprint density at radius 2 is 2.18 bits per heavy atom. The molecule has 1 amide bonds. The largest absolute Gasteiger partial charge is 0.480 e. The maximum Gasteiger partial charge on any atom is 0.326 e. The van der Waals surface area contributed by atoms with Gasteiger partial charge in [0.25, 0.3) is 5.91 Å². The molecule has 17 heavy (non-hydrogen) atoms. The van der Waals surface area contributed by atoms with Gasteiger partial charge in [0, 0.05) is 19.8 Å². The number of aryl methyl sites for hydroxylation is 1. The fourth-order valence-corrected chi connectivity index (χ4v) is 2.38. The van der Waals surface area contributed by atoms with Crippen molar-refractivity contribution in [1.82, 2.24) is 9.47 Å². The Kier molecular flexibility index (Phi) is 2.92. The van der Waals surface area contributed by atoms with Crippen LogP contribution in [-0.2, 0) is 11.8 Å². The molecule has 1 aromatic heterocycles. The third kappa shape index (κ3) is 1.92. The topological polar surface area (TPSA) is 62.5 Å². The highest BCUT2D eigenvalue weighted by Gasteiger charge is 2.40. The first-order valence-corrected chi connectivity index (χ1v) is 5.67. The van der Waals surface area contributed by atoms with Crippen LogP contribution in [0.25, 0.3) is 0 Å². The van der Waals surface area contributed by atoms with Crippen molar-refractivity contribution < 1.29 is 14.7 Å². The predicted molar refractivity (Wildman–Crippen MR) is 61.7 cm³/mol. The molecule has 0 spiro atoms.